The van der Waals surface area contributed by atoms with E-state index in [1.165, 1.54) is 30.3 Å². The predicted molar refractivity (Wildman–Crippen MR) is 97.6 cm³/mol. The van der Waals surface area contributed by atoms with Crippen LogP contribution in [-0.4, -0.2) is 26.1 Å². The number of thioether (sulfide) groups is 1. The van der Waals surface area contributed by atoms with Gasteiger partial charge in [-0.1, -0.05) is 0 Å². The molecule has 2 aromatic rings. The van der Waals surface area contributed by atoms with Gasteiger partial charge in [-0.05, 0) is 56.3 Å². The molecule has 5 nitrogen and oxygen atoms in total. The van der Waals surface area contributed by atoms with Crippen molar-refractivity contribution in [1.29, 1.82) is 0 Å². The van der Waals surface area contributed by atoms with Gasteiger partial charge in [0.2, 0.25) is 15.9 Å². The third kappa shape index (κ3) is 5.79. The first-order valence-electron chi connectivity index (χ1n) is 7.67. The zero-order chi connectivity index (χ0) is 19.3. The quantitative estimate of drug-likeness (QED) is 0.699. The molecule has 1 amide bonds. The number of halogens is 2. The van der Waals surface area contributed by atoms with Gasteiger partial charge in [0.25, 0.3) is 0 Å². The Morgan fingerprint density at radius 2 is 1.73 bits per heavy atom. The standard InChI is InChI=1S/C17H18F2N2O3S2/c1-11(2)21-26(23,24)14-6-3-12(4-7-14)20-17(22)10-25-13-5-8-15(18)16(19)9-13/h3-9,11,21H,10H2,1-2H3,(H,20,22). The molecular formula is C17H18F2N2O3S2. The van der Waals surface area contributed by atoms with E-state index in [1.54, 1.807) is 13.8 Å². The van der Waals surface area contributed by atoms with Gasteiger partial charge in [-0.25, -0.2) is 21.9 Å². The molecule has 2 rings (SSSR count). The molecule has 0 saturated carbocycles. The number of carbonyl (C=O) groups is 1. The first kappa shape index (κ1) is 20.3. The molecule has 0 atom stereocenters. The van der Waals surface area contributed by atoms with E-state index in [9.17, 15) is 22.0 Å². The SMILES string of the molecule is CC(C)NS(=O)(=O)c1ccc(NC(=O)CSc2ccc(F)c(F)c2)cc1. The largest absolute Gasteiger partial charge is 0.325 e. The number of benzene rings is 2. The molecule has 0 spiro atoms. The van der Waals surface area contributed by atoms with Gasteiger partial charge in [0, 0.05) is 16.6 Å². The van der Waals surface area contributed by atoms with E-state index < -0.39 is 21.7 Å². The molecule has 0 bridgehead atoms. The van der Waals surface area contributed by atoms with Crippen molar-refractivity contribution in [3.8, 4) is 0 Å². The molecule has 0 aliphatic carbocycles. The lowest BCUT2D eigenvalue weighted by Gasteiger charge is -2.10. The van der Waals surface area contributed by atoms with E-state index in [0.29, 0.717) is 10.6 Å². The Morgan fingerprint density at radius 3 is 2.31 bits per heavy atom. The Bertz CT molecular complexity index is 885. The summed E-state index contributed by atoms with van der Waals surface area (Å²) in [5.41, 5.74) is 0.435. The van der Waals surface area contributed by atoms with Crippen LogP contribution in [0.5, 0.6) is 0 Å². The molecule has 0 saturated heterocycles. The lowest BCUT2D eigenvalue weighted by atomic mass is 10.3. The number of nitrogens with one attached hydrogen (secondary N) is 2. The van der Waals surface area contributed by atoms with Crippen molar-refractivity contribution in [2.75, 3.05) is 11.1 Å². The third-order valence-corrected chi connectivity index (χ3v) is 5.77. The van der Waals surface area contributed by atoms with Crippen LogP contribution in [0.25, 0.3) is 0 Å². The summed E-state index contributed by atoms with van der Waals surface area (Å²) in [5.74, 6) is -2.27. The van der Waals surface area contributed by atoms with Crippen molar-refractivity contribution in [3.63, 3.8) is 0 Å². The summed E-state index contributed by atoms with van der Waals surface area (Å²) in [6.07, 6.45) is 0. The van der Waals surface area contributed by atoms with Crippen molar-refractivity contribution in [2.45, 2.75) is 29.7 Å². The lowest BCUT2D eigenvalue weighted by Crippen LogP contribution is -2.30. The first-order chi connectivity index (χ1) is 12.2. The lowest BCUT2D eigenvalue weighted by molar-refractivity contribution is -0.113. The van der Waals surface area contributed by atoms with Gasteiger partial charge in [0.1, 0.15) is 0 Å². The highest BCUT2D eigenvalue weighted by atomic mass is 32.2. The Kier molecular flexibility index (Phi) is 6.74. The smallest absolute Gasteiger partial charge is 0.240 e. The second-order valence-corrected chi connectivity index (χ2v) is 8.48. The van der Waals surface area contributed by atoms with Gasteiger partial charge in [-0.2, -0.15) is 0 Å². The Morgan fingerprint density at radius 1 is 1.08 bits per heavy atom. The van der Waals surface area contributed by atoms with E-state index >= 15 is 0 Å². The van der Waals surface area contributed by atoms with Crippen LogP contribution in [0.15, 0.2) is 52.3 Å². The summed E-state index contributed by atoms with van der Waals surface area (Å²) in [4.78, 5) is 12.5. The Balaban J connectivity index is 1.94. The van der Waals surface area contributed by atoms with E-state index in [2.05, 4.69) is 10.0 Å². The van der Waals surface area contributed by atoms with Crippen LogP contribution in [0.4, 0.5) is 14.5 Å². The second-order valence-electron chi connectivity index (χ2n) is 5.71. The van der Waals surface area contributed by atoms with E-state index in [-0.39, 0.29) is 22.6 Å². The molecule has 2 N–H and O–H groups in total. The normalized spacial score (nSPS) is 11.6. The maximum Gasteiger partial charge on any atom is 0.240 e. The minimum absolute atomic E-state index is 0.0000272. The van der Waals surface area contributed by atoms with Gasteiger partial charge >= 0.3 is 0 Å². The highest BCUT2D eigenvalue weighted by Gasteiger charge is 2.15. The van der Waals surface area contributed by atoms with E-state index in [1.807, 2.05) is 0 Å². The maximum atomic E-state index is 13.1. The van der Waals surface area contributed by atoms with Crippen LogP contribution in [0.1, 0.15) is 13.8 Å². The molecule has 0 aliphatic heterocycles. The Hall–Kier alpha value is -1.97. The summed E-state index contributed by atoms with van der Waals surface area (Å²) >= 11 is 1.06. The fourth-order valence-electron chi connectivity index (χ4n) is 2.01. The molecule has 26 heavy (non-hydrogen) atoms. The molecule has 0 radical (unpaired) electrons. The molecule has 0 unspecified atom stereocenters. The van der Waals surface area contributed by atoms with Crippen LogP contribution < -0.4 is 10.0 Å². The molecule has 140 valence electrons. The molecular weight excluding hydrogens is 382 g/mol. The fourth-order valence-corrected chi connectivity index (χ4v) is 3.98. The molecule has 9 heteroatoms. The zero-order valence-electron chi connectivity index (χ0n) is 14.1. The molecule has 0 aromatic heterocycles. The number of hydrogen-bond donors (Lipinski definition) is 2. The summed E-state index contributed by atoms with van der Waals surface area (Å²) in [5, 5.41) is 2.61. The number of anilines is 1. The Labute approximate surface area is 155 Å². The summed E-state index contributed by atoms with van der Waals surface area (Å²) in [7, 11) is -3.59. The van der Waals surface area contributed by atoms with Crippen molar-refractivity contribution >= 4 is 33.4 Å². The van der Waals surface area contributed by atoms with Gasteiger partial charge in [0.15, 0.2) is 11.6 Å². The van der Waals surface area contributed by atoms with Crippen molar-refractivity contribution in [1.82, 2.24) is 4.72 Å². The van der Waals surface area contributed by atoms with Gasteiger partial charge in [-0.3, -0.25) is 4.79 Å². The average molecular weight is 400 g/mol. The van der Waals surface area contributed by atoms with Gasteiger partial charge in [-0.15, -0.1) is 11.8 Å². The fraction of sp³-hybridized carbons (Fsp3) is 0.235. The third-order valence-electron chi connectivity index (χ3n) is 3.10. The maximum absolute atomic E-state index is 13.1. The number of carbonyl (C=O) groups excluding carboxylic acids is 1. The highest BCUT2D eigenvalue weighted by Crippen LogP contribution is 2.21. The van der Waals surface area contributed by atoms with Crippen LogP contribution >= 0.6 is 11.8 Å². The van der Waals surface area contributed by atoms with Crippen molar-refractivity contribution < 1.29 is 22.0 Å². The molecule has 2 aromatic carbocycles. The second kappa shape index (κ2) is 8.61. The highest BCUT2D eigenvalue weighted by molar-refractivity contribution is 8.00. The molecule has 0 fully saturated rings. The minimum Gasteiger partial charge on any atom is -0.325 e. The first-order valence-corrected chi connectivity index (χ1v) is 10.1. The monoisotopic (exact) mass is 400 g/mol. The van der Waals surface area contributed by atoms with Crippen molar-refractivity contribution in [3.05, 3.63) is 54.1 Å². The van der Waals surface area contributed by atoms with E-state index in [4.69, 9.17) is 0 Å². The topological polar surface area (TPSA) is 75.3 Å². The number of rotatable bonds is 7. The van der Waals surface area contributed by atoms with Crippen LogP contribution in [0.2, 0.25) is 0 Å². The summed E-state index contributed by atoms with van der Waals surface area (Å²) < 4.78 is 52.5. The number of hydrogen-bond acceptors (Lipinski definition) is 4. The van der Waals surface area contributed by atoms with Crippen LogP contribution in [0, 0.1) is 11.6 Å². The summed E-state index contributed by atoms with van der Waals surface area (Å²) in [6, 6.07) is 8.93. The van der Waals surface area contributed by atoms with Crippen molar-refractivity contribution in [2.24, 2.45) is 0 Å². The average Bonchev–Trinajstić information content (AvgIpc) is 2.55. The van der Waals surface area contributed by atoms with E-state index in [0.717, 1.165) is 23.9 Å². The summed E-state index contributed by atoms with van der Waals surface area (Å²) in [6.45, 7) is 3.44. The molecule has 0 aliphatic rings. The van der Waals surface area contributed by atoms with Gasteiger partial charge < -0.3 is 5.32 Å². The minimum atomic E-state index is -3.59. The number of amides is 1. The zero-order valence-corrected chi connectivity index (χ0v) is 15.8. The predicted octanol–water partition coefficient (Wildman–Crippen LogP) is 3.38. The van der Waals surface area contributed by atoms with Gasteiger partial charge in [0.05, 0.1) is 10.6 Å². The molecule has 0 heterocycles. The number of sulfonamides is 1. The van der Waals surface area contributed by atoms with Crippen LogP contribution in [0.3, 0.4) is 0 Å². The van der Waals surface area contributed by atoms with Crippen LogP contribution in [-0.2, 0) is 14.8 Å².